The molecule has 2 heterocycles. The van der Waals surface area contributed by atoms with Crippen molar-refractivity contribution in [1.29, 1.82) is 0 Å². The van der Waals surface area contributed by atoms with E-state index >= 15 is 0 Å². The van der Waals surface area contributed by atoms with E-state index in [0.717, 1.165) is 0 Å². The largest absolute Gasteiger partial charge is 0.486 e. The third-order valence-electron chi connectivity index (χ3n) is 4.29. The Morgan fingerprint density at radius 3 is 2.73 bits per heavy atom. The van der Waals surface area contributed by atoms with Crippen LogP contribution in [-0.2, 0) is 4.79 Å². The second-order valence-corrected chi connectivity index (χ2v) is 8.56. The molecule has 3 aromatic rings. The second-order valence-electron chi connectivity index (χ2n) is 6.41. The highest BCUT2D eigenvalue weighted by Gasteiger charge is 2.22. The number of nitrogens with zero attached hydrogens (tertiary/aromatic N) is 3. The molecular formula is C19H17Cl2N5O3S. The molecule has 0 aliphatic carbocycles. The van der Waals surface area contributed by atoms with Gasteiger partial charge in [0.25, 0.3) is 0 Å². The van der Waals surface area contributed by atoms with Gasteiger partial charge in [-0.15, -0.1) is 10.2 Å². The number of carbonyl (C=O) groups is 1. The molecule has 0 saturated heterocycles. The summed E-state index contributed by atoms with van der Waals surface area (Å²) in [5, 5.41) is 11.8. The normalized spacial score (nSPS) is 13.7. The first kappa shape index (κ1) is 20.6. The van der Waals surface area contributed by atoms with Crippen LogP contribution >= 0.6 is 35.0 Å². The Morgan fingerprint density at radius 1 is 1.17 bits per heavy atom. The van der Waals surface area contributed by atoms with Gasteiger partial charge in [-0.2, -0.15) is 0 Å². The number of fused-ring (bicyclic) bond motifs is 1. The van der Waals surface area contributed by atoms with E-state index in [-0.39, 0.29) is 5.91 Å². The Morgan fingerprint density at radius 2 is 1.93 bits per heavy atom. The average Bonchev–Trinajstić information content (AvgIpc) is 3.09. The maximum atomic E-state index is 12.6. The van der Waals surface area contributed by atoms with Crippen LogP contribution in [0.2, 0.25) is 10.0 Å². The molecule has 30 heavy (non-hydrogen) atoms. The lowest BCUT2D eigenvalue weighted by Gasteiger charge is -2.19. The van der Waals surface area contributed by atoms with Crippen molar-refractivity contribution in [3.05, 3.63) is 46.4 Å². The minimum atomic E-state index is -0.493. The van der Waals surface area contributed by atoms with Crippen molar-refractivity contribution in [3.63, 3.8) is 0 Å². The van der Waals surface area contributed by atoms with Gasteiger partial charge in [-0.1, -0.05) is 35.0 Å². The van der Waals surface area contributed by atoms with E-state index in [0.29, 0.717) is 57.0 Å². The first-order chi connectivity index (χ1) is 14.4. The van der Waals surface area contributed by atoms with Crippen LogP contribution in [-0.4, -0.2) is 39.2 Å². The van der Waals surface area contributed by atoms with E-state index in [1.54, 1.807) is 43.3 Å². The number of anilines is 1. The molecule has 0 bridgehead atoms. The first-order valence-corrected chi connectivity index (χ1v) is 10.6. The van der Waals surface area contributed by atoms with Gasteiger partial charge in [0.2, 0.25) is 11.1 Å². The average molecular weight is 466 g/mol. The minimum Gasteiger partial charge on any atom is -0.486 e. The van der Waals surface area contributed by atoms with Crippen molar-refractivity contribution in [2.24, 2.45) is 0 Å². The summed E-state index contributed by atoms with van der Waals surface area (Å²) in [6, 6.07) is 10.2. The summed E-state index contributed by atoms with van der Waals surface area (Å²) in [7, 11) is 0. The molecular weight excluding hydrogens is 449 g/mol. The standard InChI is InChI=1S/C19H17Cl2N5O3S/c1-10(18(27)23-12-3-5-15-16(9-12)29-7-6-28-15)30-19-25-24-17(26(19)22)13-8-11(20)2-4-14(13)21/h2-5,8-10H,6-7,22H2,1H3,(H,23,27). The molecule has 8 nitrogen and oxygen atoms in total. The Bertz CT molecular complexity index is 1110. The van der Waals surface area contributed by atoms with Crippen LogP contribution in [0.3, 0.4) is 0 Å². The summed E-state index contributed by atoms with van der Waals surface area (Å²) in [5.74, 6) is 7.53. The van der Waals surface area contributed by atoms with E-state index in [1.807, 2.05) is 0 Å². The maximum absolute atomic E-state index is 12.6. The fourth-order valence-electron chi connectivity index (χ4n) is 2.79. The summed E-state index contributed by atoms with van der Waals surface area (Å²) >= 11 is 13.4. The summed E-state index contributed by atoms with van der Waals surface area (Å²) in [5.41, 5.74) is 1.16. The molecule has 0 fully saturated rings. The smallest absolute Gasteiger partial charge is 0.237 e. The Labute approximate surface area is 186 Å². The second kappa shape index (κ2) is 8.63. The van der Waals surface area contributed by atoms with Gasteiger partial charge in [0.15, 0.2) is 17.3 Å². The number of nitrogens with two attached hydrogens (primary N) is 1. The van der Waals surface area contributed by atoms with E-state index < -0.39 is 5.25 Å². The van der Waals surface area contributed by atoms with Gasteiger partial charge < -0.3 is 20.6 Å². The number of carbonyl (C=O) groups excluding carboxylic acids is 1. The molecule has 1 atom stereocenters. The summed E-state index contributed by atoms with van der Waals surface area (Å²) in [6.07, 6.45) is 0. The monoisotopic (exact) mass is 465 g/mol. The minimum absolute atomic E-state index is 0.220. The lowest BCUT2D eigenvalue weighted by molar-refractivity contribution is -0.115. The lowest BCUT2D eigenvalue weighted by atomic mass is 10.2. The van der Waals surface area contributed by atoms with E-state index in [4.69, 9.17) is 38.5 Å². The predicted molar refractivity (Wildman–Crippen MR) is 117 cm³/mol. The molecule has 1 amide bonds. The molecule has 0 spiro atoms. The summed E-state index contributed by atoms with van der Waals surface area (Å²) in [4.78, 5) is 12.6. The molecule has 2 aromatic carbocycles. The molecule has 1 aliphatic rings. The van der Waals surface area contributed by atoms with Gasteiger partial charge in [-0.05, 0) is 37.3 Å². The van der Waals surface area contributed by atoms with Crippen LogP contribution in [0.5, 0.6) is 11.5 Å². The van der Waals surface area contributed by atoms with Gasteiger partial charge in [0.1, 0.15) is 13.2 Å². The predicted octanol–water partition coefficient (Wildman–Crippen LogP) is 3.86. The highest BCUT2D eigenvalue weighted by atomic mass is 35.5. The third kappa shape index (κ3) is 4.28. The van der Waals surface area contributed by atoms with Crippen LogP contribution in [0, 0.1) is 0 Å². The molecule has 156 valence electrons. The number of amides is 1. The van der Waals surface area contributed by atoms with Crippen molar-refractivity contribution in [2.45, 2.75) is 17.3 Å². The van der Waals surface area contributed by atoms with E-state index in [2.05, 4.69) is 15.5 Å². The molecule has 1 unspecified atom stereocenters. The number of nitrogen functional groups attached to an aromatic ring is 1. The molecule has 11 heteroatoms. The number of benzene rings is 2. The van der Waals surface area contributed by atoms with Crippen molar-refractivity contribution < 1.29 is 14.3 Å². The van der Waals surface area contributed by atoms with Crippen LogP contribution in [0.4, 0.5) is 5.69 Å². The third-order valence-corrected chi connectivity index (χ3v) is 5.92. The topological polar surface area (TPSA) is 104 Å². The van der Waals surface area contributed by atoms with Gasteiger partial charge >= 0.3 is 0 Å². The number of thioether (sulfide) groups is 1. The number of hydrogen-bond acceptors (Lipinski definition) is 7. The van der Waals surface area contributed by atoms with E-state index in [9.17, 15) is 4.79 Å². The lowest BCUT2D eigenvalue weighted by Crippen LogP contribution is -2.24. The maximum Gasteiger partial charge on any atom is 0.237 e. The number of nitrogens with one attached hydrogen (secondary N) is 1. The molecule has 3 N–H and O–H groups in total. The molecule has 4 rings (SSSR count). The first-order valence-electron chi connectivity index (χ1n) is 8.95. The zero-order valence-corrected chi connectivity index (χ0v) is 18.1. The zero-order valence-electron chi connectivity index (χ0n) is 15.8. The zero-order chi connectivity index (χ0) is 21.3. The summed E-state index contributed by atoms with van der Waals surface area (Å²) in [6.45, 7) is 2.73. The number of aromatic nitrogens is 3. The van der Waals surface area contributed by atoms with Crippen molar-refractivity contribution >= 4 is 46.6 Å². The highest BCUT2D eigenvalue weighted by molar-refractivity contribution is 8.00. The fourth-order valence-corrected chi connectivity index (χ4v) is 3.93. The van der Waals surface area contributed by atoms with Gasteiger partial charge in [-0.25, -0.2) is 4.68 Å². The Hall–Kier alpha value is -2.62. The van der Waals surface area contributed by atoms with Crippen LogP contribution < -0.4 is 20.6 Å². The Balaban J connectivity index is 1.46. The van der Waals surface area contributed by atoms with Gasteiger partial charge in [0.05, 0.1) is 10.3 Å². The number of ether oxygens (including phenoxy) is 2. The van der Waals surface area contributed by atoms with Gasteiger partial charge in [-0.3, -0.25) is 4.79 Å². The van der Waals surface area contributed by atoms with Crippen LogP contribution in [0.25, 0.3) is 11.4 Å². The molecule has 0 radical (unpaired) electrons. The number of halogens is 2. The molecule has 1 aromatic heterocycles. The summed E-state index contributed by atoms with van der Waals surface area (Å²) < 4.78 is 12.3. The van der Waals surface area contributed by atoms with Crippen LogP contribution in [0.1, 0.15) is 6.92 Å². The molecule has 1 aliphatic heterocycles. The SMILES string of the molecule is CC(Sc1nnc(-c2cc(Cl)ccc2Cl)n1N)C(=O)Nc1ccc2c(c1)OCCO2. The van der Waals surface area contributed by atoms with Crippen molar-refractivity contribution in [2.75, 3.05) is 24.4 Å². The highest BCUT2D eigenvalue weighted by Crippen LogP contribution is 2.34. The van der Waals surface area contributed by atoms with Gasteiger partial charge in [0, 0.05) is 22.3 Å². The quantitative estimate of drug-likeness (QED) is 0.435. The van der Waals surface area contributed by atoms with E-state index in [1.165, 1.54) is 16.4 Å². The van der Waals surface area contributed by atoms with Crippen LogP contribution in [0.15, 0.2) is 41.6 Å². The molecule has 0 saturated carbocycles. The Kier molecular flexibility index (Phi) is 5.94. The van der Waals surface area contributed by atoms with Crippen molar-refractivity contribution in [3.8, 4) is 22.9 Å². The fraction of sp³-hybridized carbons (Fsp3) is 0.211. The number of rotatable bonds is 5. The number of hydrogen-bond donors (Lipinski definition) is 2. The van der Waals surface area contributed by atoms with Crippen molar-refractivity contribution in [1.82, 2.24) is 14.9 Å².